The summed E-state index contributed by atoms with van der Waals surface area (Å²) in [6, 6.07) is 10.9. The van der Waals surface area contributed by atoms with Gasteiger partial charge in [-0.25, -0.2) is 0 Å². The summed E-state index contributed by atoms with van der Waals surface area (Å²) in [6.07, 6.45) is 0. The molecule has 4 heteroatoms. The molecule has 0 bridgehead atoms. The molecular formula is C14H12Cl2O2. The SMILES string of the molecule is COc1ccc(Cl)c(-c2cc(OC)ccc2Cl)c1. The molecule has 0 radical (unpaired) electrons. The number of methoxy groups -OCH3 is 2. The van der Waals surface area contributed by atoms with E-state index in [9.17, 15) is 0 Å². The lowest BCUT2D eigenvalue weighted by atomic mass is 10.0. The number of benzene rings is 2. The summed E-state index contributed by atoms with van der Waals surface area (Å²) in [5.41, 5.74) is 1.64. The zero-order chi connectivity index (χ0) is 13.1. The Kier molecular flexibility index (Phi) is 4.00. The van der Waals surface area contributed by atoms with Crippen LogP contribution in [0.1, 0.15) is 0 Å². The van der Waals surface area contributed by atoms with Gasteiger partial charge in [-0.3, -0.25) is 0 Å². The van der Waals surface area contributed by atoms with Gasteiger partial charge >= 0.3 is 0 Å². The monoisotopic (exact) mass is 282 g/mol. The summed E-state index contributed by atoms with van der Waals surface area (Å²) >= 11 is 12.4. The van der Waals surface area contributed by atoms with E-state index in [1.165, 1.54) is 0 Å². The molecule has 0 spiro atoms. The summed E-state index contributed by atoms with van der Waals surface area (Å²) in [5, 5.41) is 1.23. The molecule has 0 aromatic heterocycles. The highest BCUT2D eigenvalue weighted by molar-refractivity contribution is 6.36. The molecule has 0 fully saturated rings. The second kappa shape index (κ2) is 5.51. The third kappa shape index (κ3) is 2.55. The van der Waals surface area contributed by atoms with Gasteiger partial charge in [0.2, 0.25) is 0 Å². The summed E-state index contributed by atoms with van der Waals surface area (Å²) < 4.78 is 10.4. The van der Waals surface area contributed by atoms with Crippen molar-refractivity contribution in [2.75, 3.05) is 14.2 Å². The third-order valence-electron chi connectivity index (χ3n) is 2.64. The lowest BCUT2D eigenvalue weighted by molar-refractivity contribution is 0.414. The first kappa shape index (κ1) is 13.1. The van der Waals surface area contributed by atoms with E-state index in [1.807, 2.05) is 12.1 Å². The fourth-order valence-electron chi connectivity index (χ4n) is 1.68. The maximum atomic E-state index is 6.20. The Morgan fingerprint density at radius 3 is 1.44 bits per heavy atom. The standard InChI is InChI=1S/C14H12Cl2O2/c1-17-9-3-5-13(15)11(7-9)12-8-10(18-2)4-6-14(12)16/h3-8H,1-2H3. The predicted octanol–water partition coefficient (Wildman–Crippen LogP) is 4.68. The molecule has 94 valence electrons. The van der Waals surface area contributed by atoms with Gasteiger partial charge in [-0.15, -0.1) is 0 Å². The van der Waals surface area contributed by atoms with E-state index in [-0.39, 0.29) is 0 Å². The first-order chi connectivity index (χ1) is 8.65. The Balaban J connectivity index is 2.60. The normalized spacial score (nSPS) is 10.2. The molecule has 18 heavy (non-hydrogen) atoms. The van der Waals surface area contributed by atoms with Crippen molar-refractivity contribution >= 4 is 23.2 Å². The third-order valence-corrected chi connectivity index (χ3v) is 3.30. The van der Waals surface area contributed by atoms with E-state index in [1.54, 1.807) is 38.5 Å². The average molecular weight is 283 g/mol. The second-order valence-corrected chi connectivity index (χ2v) is 4.51. The zero-order valence-corrected chi connectivity index (χ0v) is 11.5. The molecule has 2 nitrogen and oxygen atoms in total. The van der Waals surface area contributed by atoms with Crippen LogP contribution in [0, 0.1) is 0 Å². The summed E-state index contributed by atoms with van der Waals surface area (Å²) in [5.74, 6) is 1.46. The van der Waals surface area contributed by atoms with Crippen LogP contribution in [0.25, 0.3) is 11.1 Å². The predicted molar refractivity (Wildman–Crippen MR) is 75.0 cm³/mol. The van der Waals surface area contributed by atoms with Gasteiger partial charge in [0, 0.05) is 21.2 Å². The molecule has 0 amide bonds. The maximum Gasteiger partial charge on any atom is 0.119 e. The molecule has 0 heterocycles. The van der Waals surface area contributed by atoms with Crippen molar-refractivity contribution < 1.29 is 9.47 Å². The summed E-state index contributed by atoms with van der Waals surface area (Å²) in [6.45, 7) is 0. The Labute approximate surface area is 116 Å². The van der Waals surface area contributed by atoms with Crippen molar-refractivity contribution in [3.8, 4) is 22.6 Å². The van der Waals surface area contributed by atoms with Crippen molar-refractivity contribution in [2.24, 2.45) is 0 Å². The molecule has 0 saturated heterocycles. The zero-order valence-electron chi connectivity index (χ0n) is 10.0. The lowest BCUT2D eigenvalue weighted by Gasteiger charge is -2.10. The molecule has 0 atom stereocenters. The molecule has 0 unspecified atom stereocenters. The molecule has 0 saturated carbocycles. The topological polar surface area (TPSA) is 18.5 Å². The van der Waals surface area contributed by atoms with Crippen molar-refractivity contribution in [3.63, 3.8) is 0 Å². The molecule has 0 aliphatic heterocycles. The molecule has 2 aromatic carbocycles. The second-order valence-electron chi connectivity index (χ2n) is 3.69. The minimum atomic E-state index is 0.617. The minimum Gasteiger partial charge on any atom is -0.497 e. The first-order valence-electron chi connectivity index (χ1n) is 5.33. The van der Waals surface area contributed by atoms with E-state index in [2.05, 4.69) is 0 Å². The van der Waals surface area contributed by atoms with Crippen LogP contribution in [0.15, 0.2) is 36.4 Å². The maximum absolute atomic E-state index is 6.20. The number of halogens is 2. The van der Waals surface area contributed by atoms with E-state index in [0.717, 1.165) is 22.6 Å². The molecule has 0 aliphatic carbocycles. The van der Waals surface area contributed by atoms with Crippen LogP contribution in [0.3, 0.4) is 0 Å². The highest BCUT2D eigenvalue weighted by Gasteiger charge is 2.10. The smallest absolute Gasteiger partial charge is 0.119 e. The quantitative estimate of drug-likeness (QED) is 0.814. The number of hydrogen-bond donors (Lipinski definition) is 0. The van der Waals surface area contributed by atoms with E-state index >= 15 is 0 Å². The van der Waals surface area contributed by atoms with E-state index < -0.39 is 0 Å². The van der Waals surface area contributed by atoms with Gasteiger partial charge < -0.3 is 9.47 Å². The Morgan fingerprint density at radius 2 is 1.11 bits per heavy atom. The van der Waals surface area contributed by atoms with Crippen LogP contribution in [0.4, 0.5) is 0 Å². The molecule has 2 aromatic rings. The number of ether oxygens (including phenoxy) is 2. The fraction of sp³-hybridized carbons (Fsp3) is 0.143. The van der Waals surface area contributed by atoms with Crippen molar-refractivity contribution in [1.29, 1.82) is 0 Å². The van der Waals surface area contributed by atoms with Crippen LogP contribution in [0.2, 0.25) is 10.0 Å². The van der Waals surface area contributed by atoms with E-state index in [0.29, 0.717) is 10.0 Å². The highest BCUT2D eigenvalue weighted by Crippen LogP contribution is 2.37. The van der Waals surface area contributed by atoms with Crippen LogP contribution in [-0.2, 0) is 0 Å². The number of hydrogen-bond acceptors (Lipinski definition) is 2. The summed E-state index contributed by atoms with van der Waals surface area (Å²) in [7, 11) is 3.22. The Hall–Kier alpha value is -1.38. The molecule has 0 N–H and O–H groups in total. The van der Waals surface area contributed by atoms with Crippen molar-refractivity contribution in [2.45, 2.75) is 0 Å². The van der Waals surface area contributed by atoms with Gasteiger partial charge in [-0.1, -0.05) is 23.2 Å². The van der Waals surface area contributed by atoms with Gasteiger partial charge in [0.1, 0.15) is 11.5 Å². The summed E-state index contributed by atoms with van der Waals surface area (Å²) in [4.78, 5) is 0. The highest BCUT2D eigenvalue weighted by atomic mass is 35.5. The molecule has 2 rings (SSSR count). The van der Waals surface area contributed by atoms with Crippen molar-refractivity contribution in [3.05, 3.63) is 46.4 Å². The minimum absolute atomic E-state index is 0.617. The lowest BCUT2D eigenvalue weighted by Crippen LogP contribution is -1.88. The fourth-order valence-corrected chi connectivity index (χ4v) is 2.11. The van der Waals surface area contributed by atoms with Crippen LogP contribution >= 0.6 is 23.2 Å². The van der Waals surface area contributed by atoms with Gasteiger partial charge in [0.05, 0.1) is 14.2 Å². The Bertz CT molecular complexity index is 516. The van der Waals surface area contributed by atoms with Gasteiger partial charge in [-0.05, 0) is 36.4 Å². The molecule has 0 aliphatic rings. The van der Waals surface area contributed by atoms with Gasteiger partial charge in [0.25, 0.3) is 0 Å². The van der Waals surface area contributed by atoms with E-state index in [4.69, 9.17) is 32.7 Å². The van der Waals surface area contributed by atoms with Gasteiger partial charge in [-0.2, -0.15) is 0 Å². The first-order valence-corrected chi connectivity index (χ1v) is 6.08. The Morgan fingerprint density at radius 1 is 0.722 bits per heavy atom. The molecular weight excluding hydrogens is 271 g/mol. The largest absolute Gasteiger partial charge is 0.497 e. The average Bonchev–Trinajstić information content (AvgIpc) is 2.40. The van der Waals surface area contributed by atoms with Crippen molar-refractivity contribution in [1.82, 2.24) is 0 Å². The number of rotatable bonds is 3. The van der Waals surface area contributed by atoms with Crippen LogP contribution in [-0.4, -0.2) is 14.2 Å². The van der Waals surface area contributed by atoms with Crippen LogP contribution < -0.4 is 9.47 Å². The van der Waals surface area contributed by atoms with Crippen LogP contribution in [0.5, 0.6) is 11.5 Å². The van der Waals surface area contributed by atoms with Gasteiger partial charge in [0.15, 0.2) is 0 Å².